The third kappa shape index (κ3) is 8.26. The summed E-state index contributed by atoms with van der Waals surface area (Å²) in [5, 5.41) is 8.99. The number of ether oxygens (including phenoxy) is 1. The Hall–Kier alpha value is -0.0800. The number of hydrogen-bond donors (Lipinski definition) is 1. The number of rotatable bonds is 11. The van der Waals surface area contributed by atoms with Gasteiger partial charge in [-0.2, -0.15) is 0 Å². The van der Waals surface area contributed by atoms with E-state index in [2.05, 4.69) is 41.5 Å². The molecule has 0 aliphatic carbocycles. The van der Waals surface area contributed by atoms with E-state index >= 15 is 0 Å². The van der Waals surface area contributed by atoms with Crippen LogP contribution < -0.4 is 0 Å². The molecular weight excluding hydrogens is 248 g/mol. The van der Waals surface area contributed by atoms with Gasteiger partial charge in [-0.1, -0.05) is 66.2 Å². The van der Waals surface area contributed by atoms with Crippen molar-refractivity contribution >= 4 is 0 Å². The van der Waals surface area contributed by atoms with Crippen LogP contribution in [0.1, 0.15) is 86.5 Å². The quantitative estimate of drug-likeness (QED) is 0.530. The van der Waals surface area contributed by atoms with Gasteiger partial charge in [0.15, 0.2) is 0 Å². The van der Waals surface area contributed by atoms with E-state index < -0.39 is 0 Å². The van der Waals surface area contributed by atoms with E-state index in [1.54, 1.807) is 0 Å². The average molecular weight is 286 g/mol. The normalized spacial score (nSPS) is 14.6. The summed E-state index contributed by atoms with van der Waals surface area (Å²) in [4.78, 5) is 0. The highest BCUT2D eigenvalue weighted by atomic mass is 16.5. The van der Waals surface area contributed by atoms with E-state index in [4.69, 9.17) is 9.84 Å². The van der Waals surface area contributed by atoms with Gasteiger partial charge < -0.3 is 9.84 Å². The standard InChI is InChI=1S/C18H38O2/c1-7-8-9-10-11-12-13-16(17(2,3)4)18(5,6)20-15-14-19/h16,19H,7-15H2,1-6H3. The molecule has 1 N–H and O–H groups in total. The third-order valence-electron chi connectivity index (χ3n) is 4.30. The van der Waals surface area contributed by atoms with Crippen molar-refractivity contribution in [2.24, 2.45) is 11.3 Å². The number of unbranched alkanes of at least 4 members (excludes halogenated alkanes) is 5. The van der Waals surface area contributed by atoms with Crippen LogP contribution in [0.3, 0.4) is 0 Å². The van der Waals surface area contributed by atoms with Crippen molar-refractivity contribution in [1.82, 2.24) is 0 Å². The van der Waals surface area contributed by atoms with Crippen LogP contribution in [0.2, 0.25) is 0 Å². The molecule has 0 aliphatic heterocycles. The summed E-state index contributed by atoms with van der Waals surface area (Å²) in [7, 11) is 0. The molecule has 0 saturated carbocycles. The fourth-order valence-electron chi connectivity index (χ4n) is 3.36. The van der Waals surface area contributed by atoms with E-state index in [9.17, 15) is 0 Å². The average Bonchev–Trinajstić information content (AvgIpc) is 2.33. The molecular formula is C18H38O2. The van der Waals surface area contributed by atoms with Gasteiger partial charge in [-0.25, -0.2) is 0 Å². The molecule has 0 bridgehead atoms. The largest absolute Gasteiger partial charge is 0.394 e. The van der Waals surface area contributed by atoms with Gasteiger partial charge in [0.05, 0.1) is 18.8 Å². The zero-order chi connectivity index (χ0) is 15.6. The van der Waals surface area contributed by atoms with Crippen molar-refractivity contribution in [2.75, 3.05) is 13.2 Å². The Morgan fingerprint density at radius 3 is 1.95 bits per heavy atom. The lowest BCUT2D eigenvalue weighted by atomic mass is 9.69. The fourth-order valence-corrected chi connectivity index (χ4v) is 3.36. The molecule has 0 aliphatic rings. The van der Waals surface area contributed by atoms with Gasteiger partial charge in [0.2, 0.25) is 0 Å². The van der Waals surface area contributed by atoms with Crippen molar-refractivity contribution in [3.63, 3.8) is 0 Å². The Morgan fingerprint density at radius 2 is 1.45 bits per heavy atom. The van der Waals surface area contributed by atoms with Crippen LogP contribution in [0.25, 0.3) is 0 Å². The smallest absolute Gasteiger partial charge is 0.0705 e. The lowest BCUT2D eigenvalue weighted by Gasteiger charge is -2.43. The monoisotopic (exact) mass is 286 g/mol. The second-order valence-corrected chi connectivity index (χ2v) is 7.65. The Morgan fingerprint density at radius 1 is 0.900 bits per heavy atom. The molecule has 0 aromatic heterocycles. The summed E-state index contributed by atoms with van der Waals surface area (Å²) in [5.41, 5.74) is 0.0762. The van der Waals surface area contributed by atoms with Crippen LogP contribution in [-0.2, 0) is 4.74 Å². The molecule has 2 heteroatoms. The minimum absolute atomic E-state index is 0.108. The topological polar surface area (TPSA) is 29.5 Å². The molecule has 0 aromatic rings. The van der Waals surface area contributed by atoms with E-state index in [0.29, 0.717) is 12.5 Å². The van der Waals surface area contributed by atoms with Crippen LogP contribution in [0.4, 0.5) is 0 Å². The molecule has 0 amide bonds. The maximum absolute atomic E-state index is 8.99. The Balaban J connectivity index is 4.29. The molecule has 0 fully saturated rings. The first-order valence-corrected chi connectivity index (χ1v) is 8.50. The number of hydrogen-bond acceptors (Lipinski definition) is 2. The van der Waals surface area contributed by atoms with Crippen molar-refractivity contribution in [1.29, 1.82) is 0 Å². The third-order valence-corrected chi connectivity index (χ3v) is 4.30. The van der Waals surface area contributed by atoms with Gasteiger partial charge in [-0.15, -0.1) is 0 Å². The zero-order valence-electron chi connectivity index (χ0n) is 14.8. The van der Waals surface area contributed by atoms with Gasteiger partial charge in [0.1, 0.15) is 0 Å². The van der Waals surface area contributed by atoms with Crippen molar-refractivity contribution < 1.29 is 9.84 Å². The van der Waals surface area contributed by atoms with E-state index in [1.807, 2.05) is 0 Å². The molecule has 0 spiro atoms. The summed E-state index contributed by atoms with van der Waals surface area (Å²) < 4.78 is 5.91. The maximum Gasteiger partial charge on any atom is 0.0705 e. The summed E-state index contributed by atoms with van der Waals surface area (Å²) in [6.07, 6.45) is 9.26. The highest BCUT2D eigenvalue weighted by Gasteiger charge is 2.38. The predicted octanol–water partition coefficient (Wildman–Crippen LogP) is 5.19. The molecule has 0 radical (unpaired) electrons. The lowest BCUT2D eigenvalue weighted by molar-refractivity contribution is -0.103. The van der Waals surface area contributed by atoms with Gasteiger partial charge in [0.25, 0.3) is 0 Å². The first-order valence-electron chi connectivity index (χ1n) is 8.50. The molecule has 1 unspecified atom stereocenters. The molecule has 122 valence electrons. The molecule has 0 aromatic carbocycles. The van der Waals surface area contributed by atoms with Crippen LogP contribution in [0.15, 0.2) is 0 Å². The minimum Gasteiger partial charge on any atom is -0.394 e. The van der Waals surface area contributed by atoms with Gasteiger partial charge in [0, 0.05) is 0 Å². The predicted molar refractivity (Wildman–Crippen MR) is 88.1 cm³/mol. The van der Waals surface area contributed by atoms with E-state index in [1.165, 1.54) is 44.9 Å². The Labute approximate surface area is 127 Å². The first-order chi connectivity index (χ1) is 9.25. The summed E-state index contributed by atoms with van der Waals surface area (Å²) in [5.74, 6) is 0.521. The van der Waals surface area contributed by atoms with Crippen LogP contribution in [-0.4, -0.2) is 23.9 Å². The van der Waals surface area contributed by atoms with Crippen molar-refractivity contribution in [3.05, 3.63) is 0 Å². The summed E-state index contributed by atoms with van der Waals surface area (Å²) in [6, 6.07) is 0. The first kappa shape index (κ1) is 19.9. The SMILES string of the molecule is CCCCCCCCC(C(C)(C)C)C(C)(C)OCCO. The second-order valence-electron chi connectivity index (χ2n) is 7.65. The summed E-state index contributed by atoms with van der Waals surface area (Å²) >= 11 is 0. The number of aliphatic hydroxyl groups is 1. The van der Waals surface area contributed by atoms with E-state index in [0.717, 1.165) is 0 Å². The van der Waals surface area contributed by atoms with Crippen molar-refractivity contribution in [2.45, 2.75) is 92.1 Å². The van der Waals surface area contributed by atoms with Crippen LogP contribution in [0.5, 0.6) is 0 Å². The molecule has 0 saturated heterocycles. The van der Waals surface area contributed by atoms with E-state index in [-0.39, 0.29) is 17.6 Å². The highest BCUT2D eigenvalue weighted by molar-refractivity contribution is 4.88. The Bertz CT molecular complexity index is 228. The highest BCUT2D eigenvalue weighted by Crippen LogP contribution is 2.40. The van der Waals surface area contributed by atoms with Crippen LogP contribution >= 0.6 is 0 Å². The molecule has 0 rings (SSSR count). The van der Waals surface area contributed by atoms with Gasteiger partial charge in [-0.3, -0.25) is 0 Å². The number of aliphatic hydroxyl groups excluding tert-OH is 1. The second kappa shape index (κ2) is 9.78. The Kier molecular flexibility index (Phi) is 9.74. The lowest BCUT2D eigenvalue weighted by Crippen LogP contribution is -2.42. The van der Waals surface area contributed by atoms with Gasteiger partial charge in [-0.05, 0) is 31.6 Å². The molecule has 2 nitrogen and oxygen atoms in total. The maximum atomic E-state index is 8.99. The zero-order valence-corrected chi connectivity index (χ0v) is 14.8. The molecule has 0 heterocycles. The molecule has 1 atom stereocenters. The van der Waals surface area contributed by atoms with Gasteiger partial charge >= 0.3 is 0 Å². The van der Waals surface area contributed by atoms with Crippen LogP contribution in [0, 0.1) is 11.3 Å². The summed E-state index contributed by atoms with van der Waals surface area (Å²) in [6.45, 7) is 14.1. The van der Waals surface area contributed by atoms with Crippen molar-refractivity contribution in [3.8, 4) is 0 Å². The fraction of sp³-hybridized carbons (Fsp3) is 1.00. The minimum atomic E-state index is -0.162. The molecule has 20 heavy (non-hydrogen) atoms.